The number of thiophene rings is 1. The topological polar surface area (TPSA) is 46.6 Å². The Morgan fingerprint density at radius 2 is 2.08 bits per heavy atom. The Hall–Kier alpha value is -2.40. The minimum atomic E-state index is -0.755. The van der Waals surface area contributed by atoms with Gasteiger partial charge in [0.1, 0.15) is 5.92 Å². The Labute approximate surface area is 158 Å². The summed E-state index contributed by atoms with van der Waals surface area (Å²) in [7, 11) is 3.98. The van der Waals surface area contributed by atoms with Crippen LogP contribution in [0.25, 0.3) is 5.57 Å². The summed E-state index contributed by atoms with van der Waals surface area (Å²) in [5, 5.41) is 1.98. The highest BCUT2D eigenvalue weighted by Gasteiger charge is 2.40. The number of rotatable bonds is 5. The van der Waals surface area contributed by atoms with Crippen LogP contribution in [-0.4, -0.2) is 32.5 Å². The third-order valence-corrected chi connectivity index (χ3v) is 5.65. The van der Waals surface area contributed by atoms with Gasteiger partial charge in [0, 0.05) is 30.6 Å². The van der Waals surface area contributed by atoms with Crippen LogP contribution in [0.4, 0.5) is 5.69 Å². The molecular weight excluding hydrogens is 346 g/mol. The van der Waals surface area contributed by atoms with E-state index in [1.807, 2.05) is 54.7 Å². The van der Waals surface area contributed by atoms with E-state index in [1.165, 1.54) is 0 Å². The fourth-order valence-corrected chi connectivity index (χ4v) is 4.20. The molecule has 0 saturated heterocycles. The standard InChI is InChI=1S/C21H23NO3S/c1-4-25-21(24)20-17(19-9-6-10-26-19)12-15(13-18(20)23)14-7-5-8-16(11-14)22(2)3/h5-11,13,17,20H,4,12H2,1-3H3/t17-,20+/m0/s1. The molecule has 5 heteroatoms. The number of carbonyl (C=O) groups is 2. The number of ether oxygens (including phenoxy) is 1. The molecule has 0 aliphatic heterocycles. The van der Waals surface area contributed by atoms with Crippen molar-refractivity contribution in [2.24, 2.45) is 5.92 Å². The molecule has 1 heterocycles. The molecule has 3 rings (SSSR count). The van der Waals surface area contributed by atoms with Crippen LogP contribution in [0.15, 0.2) is 47.9 Å². The molecule has 1 aromatic carbocycles. The van der Waals surface area contributed by atoms with E-state index in [0.717, 1.165) is 21.7 Å². The number of benzene rings is 1. The van der Waals surface area contributed by atoms with Crippen LogP contribution in [0, 0.1) is 5.92 Å². The quantitative estimate of drug-likeness (QED) is 0.587. The van der Waals surface area contributed by atoms with E-state index in [9.17, 15) is 9.59 Å². The zero-order chi connectivity index (χ0) is 18.7. The molecule has 1 aliphatic rings. The van der Waals surface area contributed by atoms with E-state index in [1.54, 1.807) is 24.3 Å². The van der Waals surface area contributed by atoms with Crippen LogP contribution in [0.5, 0.6) is 0 Å². The minimum absolute atomic E-state index is 0.168. The SMILES string of the molecule is CCOC(=O)[C@H]1C(=O)C=C(c2cccc(N(C)C)c2)C[C@H]1c1cccs1. The maximum absolute atomic E-state index is 12.8. The maximum atomic E-state index is 12.8. The molecule has 1 aliphatic carbocycles. The number of hydrogen-bond acceptors (Lipinski definition) is 5. The molecule has 0 N–H and O–H groups in total. The summed E-state index contributed by atoms with van der Waals surface area (Å²) in [4.78, 5) is 28.3. The van der Waals surface area contributed by atoms with Gasteiger partial charge in [0.25, 0.3) is 0 Å². The summed E-state index contributed by atoms with van der Waals surface area (Å²) in [6, 6.07) is 12.1. The molecule has 4 nitrogen and oxygen atoms in total. The first kappa shape index (κ1) is 18.4. The van der Waals surface area contributed by atoms with Gasteiger partial charge in [0.15, 0.2) is 5.78 Å². The van der Waals surface area contributed by atoms with Gasteiger partial charge in [0.2, 0.25) is 0 Å². The average Bonchev–Trinajstić information content (AvgIpc) is 3.15. The maximum Gasteiger partial charge on any atom is 0.317 e. The van der Waals surface area contributed by atoms with Gasteiger partial charge in [-0.25, -0.2) is 0 Å². The molecule has 2 atom stereocenters. The predicted octanol–water partition coefficient (Wildman–Crippen LogP) is 4.13. The Kier molecular flexibility index (Phi) is 5.57. The van der Waals surface area contributed by atoms with E-state index in [4.69, 9.17) is 4.74 Å². The van der Waals surface area contributed by atoms with E-state index < -0.39 is 11.9 Å². The third kappa shape index (κ3) is 3.73. The van der Waals surface area contributed by atoms with E-state index in [-0.39, 0.29) is 18.3 Å². The van der Waals surface area contributed by atoms with Crippen molar-refractivity contribution in [2.45, 2.75) is 19.3 Å². The first-order valence-electron chi connectivity index (χ1n) is 8.73. The number of carbonyl (C=O) groups excluding carboxylic acids is 2. The zero-order valence-corrected chi connectivity index (χ0v) is 16.1. The molecule has 0 saturated carbocycles. The number of hydrogen-bond donors (Lipinski definition) is 0. The van der Waals surface area contributed by atoms with Crippen molar-refractivity contribution < 1.29 is 14.3 Å². The molecule has 0 unspecified atom stereocenters. The summed E-state index contributed by atoms with van der Waals surface area (Å²) in [6.07, 6.45) is 2.27. The zero-order valence-electron chi connectivity index (χ0n) is 15.3. The molecule has 136 valence electrons. The summed E-state index contributed by atoms with van der Waals surface area (Å²) < 4.78 is 5.18. The number of esters is 1. The van der Waals surface area contributed by atoms with Gasteiger partial charge in [-0.2, -0.15) is 0 Å². The lowest BCUT2D eigenvalue weighted by molar-refractivity contribution is -0.151. The van der Waals surface area contributed by atoms with Crippen molar-refractivity contribution in [3.8, 4) is 0 Å². The second-order valence-corrected chi connectivity index (χ2v) is 7.55. The van der Waals surface area contributed by atoms with Gasteiger partial charge in [-0.15, -0.1) is 11.3 Å². The van der Waals surface area contributed by atoms with Gasteiger partial charge in [-0.1, -0.05) is 18.2 Å². The fraction of sp³-hybridized carbons (Fsp3) is 0.333. The summed E-state index contributed by atoms with van der Waals surface area (Å²) in [6.45, 7) is 2.04. The fourth-order valence-electron chi connectivity index (χ4n) is 3.34. The lowest BCUT2D eigenvalue weighted by Crippen LogP contribution is -2.33. The lowest BCUT2D eigenvalue weighted by Gasteiger charge is -2.28. The van der Waals surface area contributed by atoms with Gasteiger partial charge < -0.3 is 9.64 Å². The second-order valence-electron chi connectivity index (χ2n) is 6.57. The van der Waals surface area contributed by atoms with Crippen LogP contribution >= 0.6 is 11.3 Å². The van der Waals surface area contributed by atoms with Crippen LogP contribution in [-0.2, 0) is 14.3 Å². The van der Waals surface area contributed by atoms with Crippen molar-refractivity contribution in [3.63, 3.8) is 0 Å². The van der Waals surface area contributed by atoms with Gasteiger partial charge in [0.05, 0.1) is 6.61 Å². The van der Waals surface area contributed by atoms with Crippen molar-refractivity contribution in [1.29, 1.82) is 0 Å². The van der Waals surface area contributed by atoms with Gasteiger partial charge >= 0.3 is 5.97 Å². The monoisotopic (exact) mass is 369 g/mol. The van der Waals surface area contributed by atoms with Crippen molar-refractivity contribution in [1.82, 2.24) is 0 Å². The molecule has 26 heavy (non-hydrogen) atoms. The number of ketones is 1. The minimum Gasteiger partial charge on any atom is -0.465 e. The predicted molar refractivity (Wildman–Crippen MR) is 106 cm³/mol. The Balaban J connectivity index is 1.99. The summed E-state index contributed by atoms with van der Waals surface area (Å²) in [5.74, 6) is -1.52. The highest BCUT2D eigenvalue weighted by molar-refractivity contribution is 7.10. The molecule has 2 aromatic rings. The van der Waals surface area contributed by atoms with Crippen LogP contribution in [0.1, 0.15) is 29.7 Å². The average molecular weight is 369 g/mol. The molecular formula is C21H23NO3S. The van der Waals surface area contributed by atoms with Crippen LogP contribution in [0.2, 0.25) is 0 Å². The summed E-state index contributed by atoms with van der Waals surface area (Å²) >= 11 is 1.58. The first-order chi connectivity index (χ1) is 12.5. The normalized spacial score (nSPS) is 19.8. The van der Waals surface area contributed by atoms with E-state index >= 15 is 0 Å². The van der Waals surface area contributed by atoms with Crippen molar-refractivity contribution in [3.05, 3.63) is 58.3 Å². The van der Waals surface area contributed by atoms with Crippen molar-refractivity contribution in [2.75, 3.05) is 25.6 Å². The van der Waals surface area contributed by atoms with Crippen molar-refractivity contribution >= 4 is 34.3 Å². The molecule has 0 amide bonds. The highest BCUT2D eigenvalue weighted by Crippen LogP contribution is 2.42. The first-order valence-corrected chi connectivity index (χ1v) is 9.61. The van der Waals surface area contributed by atoms with Gasteiger partial charge in [-0.3, -0.25) is 9.59 Å². The summed E-state index contributed by atoms with van der Waals surface area (Å²) in [5.41, 5.74) is 3.07. The number of anilines is 1. The lowest BCUT2D eigenvalue weighted by atomic mass is 9.76. The Morgan fingerprint density at radius 3 is 2.73 bits per heavy atom. The number of nitrogens with zero attached hydrogens (tertiary/aromatic N) is 1. The van der Waals surface area contributed by atoms with Crippen LogP contribution in [0.3, 0.4) is 0 Å². The Morgan fingerprint density at radius 1 is 1.27 bits per heavy atom. The van der Waals surface area contributed by atoms with E-state index in [2.05, 4.69) is 6.07 Å². The third-order valence-electron chi connectivity index (χ3n) is 4.65. The molecule has 0 spiro atoms. The second kappa shape index (κ2) is 7.87. The Bertz CT molecular complexity index is 824. The van der Waals surface area contributed by atoms with Crippen LogP contribution < -0.4 is 4.90 Å². The smallest absolute Gasteiger partial charge is 0.317 e. The van der Waals surface area contributed by atoms with Gasteiger partial charge in [-0.05, 0) is 54.1 Å². The number of allylic oxidation sites excluding steroid dienone is 2. The molecule has 0 radical (unpaired) electrons. The molecule has 1 aromatic heterocycles. The molecule has 0 bridgehead atoms. The highest BCUT2D eigenvalue weighted by atomic mass is 32.1. The van der Waals surface area contributed by atoms with E-state index in [0.29, 0.717) is 6.42 Å². The molecule has 0 fully saturated rings. The largest absolute Gasteiger partial charge is 0.465 e.